The highest BCUT2D eigenvalue weighted by Gasteiger charge is 2.15. The second kappa shape index (κ2) is 6.26. The highest BCUT2D eigenvalue weighted by molar-refractivity contribution is 5.75. The largest absolute Gasteiger partial charge is 0.350 e. The molecule has 0 aromatic carbocycles. The number of nitrogens with zero attached hydrogens (tertiary/aromatic N) is 2. The van der Waals surface area contributed by atoms with E-state index in [1.807, 2.05) is 35.9 Å². The van der Waals surface area contributed by atoms with Crippen LogP contribution in [0.4, 0.5) is 0 Å². The Morgan fingerprint density at radius 2 is 2.48 bits per heavy atom. The molecular weight excluding hydrogens is 264 g/mol. The minimum absolute atomic E-state index is 0.120. The third-order valence-corrected chi connectivity index (χ3v) is 4.07. The molecule has 1 saturated heterocycles. The lowest BCUT2D eigenvalue weighted by Crippen LogP contribution is -2.23. The highest BCUT2D eigenvalue weighted by atomic mass is 16.1. The molecule has 2 aromatic heterocycles. The molecule has 1 fully saturated rings. The Hall–Kier alpha value is -1.88. The molecule has 2 aromatic rings. The van der Waals surface area contributed by atoms with E-state index in [4.69, 9.17) is 0 Å². The van der Waals surface area contributed by atoms with Gasteiger partial charge in [-0.1, -0.05) is 0 Å². The number of carbonyl (C=O) groups excluding carboxylic acids is 1. The molecule has 0 saturated carbocycles. The van der Waals surface area contributed by atoms with Gasteiger partial charge in [-0.05, 0) is 56.5 Å². The summed E-state index contributed by atoms with van der Waals surface area (Å²) in [5, 5.41) is 6.29. The van der Waals surface area contributed by atoms with Gasteiger partial charge in [-0.3, -0.25) is 4.79 Å². The molecule has 0 bridgehead atoms. The number of pyridine rings is 1. The molecule has 5 nitrogen and oxygen atoms in total. The van der Waals surface area contributed by atoms with Crippen LogP contribution in [0.5, 0.6) is 0 Å². The molecule has 1 unspecified atom stereocenters. The maximum atomic E-state index is 11.9. The number of aromatic nitrogens is 2. The van der Waals surface area contributed by atoms with Crippen molar-refractivity contribution in [3.05, 3.63) is 35.8 Å². The van der Waals surface area contributed by atoms with E-state index in [1.54, 1.807) is 0 Å². The molecule has 112 valence electrons. The van der Waals surface area contributed by atoms with E-state index in [1.165, 1.54) is 12.0 Å². The number of carbonyl (C=O) groups is 1. The van der Waals surface area contributed by atoms with Crippen molar-refractivity contribution in [3.8, 4) is 0 Å². The Morgan fingerprint density at radius 1 is 1.57 bits per heavy atom. The van der Waals surface area contributed by atoms with Gasteiger partial charge in [0.05, 0.1) is 12.2 Å². The lowest BCUT2D eigenvalue weighted by molar-refractivity contribution is -0.121. The molecular formula is C16H22N4O. The molecule has 5 heteroatoms. The van der Waals surface area contributed by atoms with E-state index in [0.29, 0.717) is 18.9 Å². The summed E-state index contributed by atoms with van der Waals surface area (Å²) < 4.78 is 1.98. The number of amides is 1. The minimum atomic E-state index is 0.120. The summed E-state index contributed by atoms with van der Waals surface area (Å²) in [5.74, 6) is 0.782. The first-order valence-corrected chi connectivity index (χ1v) is 7.62. The van der Waals surface area contributed by atoms with E-state index >= 15 is 0 Å². The van der Waals surface area contributed by atoms with Crippen LogP contribution in [-0.2, 0) is 11.3 Å². The Balaban J connectivity index is 1.49. The fourth-order valence-electron chi connectivity index (χ4n) is 2.80. The average molecular weight is 286 g/mol. The first-order chi connectivity index (χ1) is 10.2. The van der Waals surface area contributed by atoms with Crippen LogP contribution in [-0.4, -0.2) is 28.4 Å². The Kier molecular flexibility index (Phi) is 4.20. The number of hydrogen-bond acceptors (Lipinski definition) is 3. The van der Waals surface area contributed by atoms with E-state index in [9.17, 15) is 4.79 Å². The summed E-state index contributed by atoms with van der Waals surface area (Å²) in [7, 11) is 0. The van der Waals surface area contributed by atoms with Crippen LogP contribution >= 0.6 is 0 Å². The lowest BCUT2D eigenvalue weighted by Gasteiger charge is -2.07. The van der Waals surface area contributed by atoms with Crippen molar-refractivity contribution in [1.29, 1.82) is 0 Å². The van der Waals surface area contributed by atoms with Crippen molar-refractivity contribution < 1.29 is 4.79 Å². The maximum absolute atomic E-state index is 11.9. The normalized spacial score (nSPS) is 18.2. The monoisotopic (exact) mass is 286 g/mol. The molecule has 1 aliphatic heterocycles. The zero-order valence-corrected chi connectivity index (χ0v) is 12.4. The predicted molar refractivity (Wildman–Crippen MR) is 82.0 cm³/mol. The van der Waals surface area contributed by atoms with Crippen molar-refractivity contribution in [1.82, 2.24) is 20.0 Å². The van der Waals surface area contributed by atoms with Gasteiger partial charge >= 0.3 is 0 Å². The summed E-state index contributed by atoms with van der Waals surface area (Å²) in [6, 6.07) is 4.09. The van der Waals surface area contributed by atoms with Gasteiger partial charge in [-0.15, -0.1) is 0 Å². The summed E-state index contributed by atoms with van der Waals surface area (Å²) in [6.07, 6.45) is 6.74. The summed E-state index contributed by atoms with van der Waals surface area (Å²) in [4.78, 5) is 16.4. The number of rotatable bonds is 5. The number of fused-ring (bicyclic) bond motifs is 1. The first-order valence-electron chi connectivity index (χ1n) is 7.62. The molecule has 3 heterocycles. The number of nitrogens with one attached hydrogen (secondary N) is 2. The van der Waals surface area contributed by atoms with Crippen molar-refractivity contribution in [2.75, 3.05) is 13.1 Å². The standard InChI is InChI=1S/C16H22N4O/c1-12-5-7-20-11-14(19-15(20)8-12)10-18-16(21)3-2-13-4-6-17-9-13/h5,7-8,11,13,17H,2-4,6,9-10H2,1H3,(H,18,21). The molecule has 21 heavy (non-hydrogen) atoms. The fourth-order valence-corrected chi connectivity index (χ4v) is 2.80. The Labute approximate surface area is 124 Å². The van der Waals surface area contributed by atoms with Crippen molar-refractivity contribution in [2.24, 2.45) is 5.92 Å². The van der Waals surface area contributed by atoms with Crippen LogP contribution in [0.25, 0.3) is 5.65 Å². The molecule has 3 rings (SSSR count). The molecule has 1 atom stereocenters. The summed E-state index contributed by atoms with van der Waals surface area (Å²) in [5.41, 5.74) is 3.02. The van der Waals surface area contributed by atoms with Gasteiger partial charge in [0.25, 0.3) is 0 Å². The molecule has 1 aliphatic rings. The SMILES string of the molecule is Cc1ccn2cc(CNC(=O)CCC3CCNC3)nc2c1. The van der Waals surface area contributed by atoms with Crippen molar-refractivity contribution in [3.63, 3.8) is 0 Å². The van der Waals surface area contributed by atoms with E-state index in [-0.39, 0.29) is 5.91 Å². The maximum Gasteiger partial charge on any atom is 0.220 e. The highest BCUT2D eigenvalue weighted by Crippen LogP contribution is 2.14. The second-order valence-electron chi connectivity index (χ2n) is 5.88. The van der Waals surface area contributed by atoms with Crippen LogP contribution in [0.2, 0.25) is 0 Å². The average Bonchev–Trinajstić information content (AvgIpc) is 3.11. The van der Waals surface area contributed by atoms with Crippen molar-refractivity contribution >= 4 is 11.6 Å². The molecule has 0 radical (unpaired) electrons. The number of aryl methyl sites for hydroxylation is 1. The van der Waals surface area contributed by atoms with E-state index in [0.717, 1.165) is 30.9 Å². The molecule has 0 aliphatic carbocycles. The van der Waals surface area contributed by atoms with Gasteiger partial charge in [0.1, 0.15) is 5.65 Å². The molecule has 2 N–H and O–H groups in total. The predicted octanol–water partition coefficient (Wildman–Crippen LogP) is 1.65. The second-order valence-corrected chi connectivity index (χ2v) is 5.88. The zero-order valence-electron chi connectivity index (χ0n) is 12.4. The third kappa shape index (κ3) is 3.61. The quantitative estimate of drug-likeness (QED) is 0.878. The van der Waals surface area contributed by atoms with Gasteiger partial charge in [-0.25, -0.2) is 4.98 Å². The van der Waals surface area contributed by atoms with E-state index in [2.05, 4.69) is 15.6 Å². The Bertz CT molecular complexity index is 628. The van der Waals surface area contributed by atoms with Gasteiger partial charge in [0, 0.05) is 18.8 Å². The van der Waals surface area contributed by atoms with Gasteiger partial charge in [0.15, 0.2) is 0 Å². The third-order valence-electron chi connectivity index (χ3n) is 4.07. The smallest absolute Gasteiger partial charge is 0.220 e. The molecule has 1 amide bonds. The van der Waals surface area contributed by atoms with Crippen LogP contribution < -0.4 is 10.6 Å². The minimum Gasteiger partial charge on any atom is -0.350 e. The summed E-state index contributed by atoms with van der Waals surface area (Å²) in [6.45, 7) is 4.70. The van der Waals surface area contributed by atoms with Gasteiger partial charge in [-0.2, -0.15) is 0 Å². The summed E-state index contributed by atoms with van der Waals surface area (Å²) >= 11 is 0. The van der Waals surface area contributed by atoms with Crippen molar-refractivity contribution in [2.45, 2.75) is 32.7 Å². The topological polar surface area (TPSA) is 58.4 Å². The number of imidazole rings is 1. The van der Waals surface area contributed by atoms with Crippen LogP contribution in [0.15, 0.2) is 24.5 Å². The first kappa shape index (κ1) is 14.1. The van der Waals surface area contributed by atoms with Crippen LogP contribution in [0, 0.1) is 12.8 Å². The molecule has 0 spiro atoms. The Morgan fingerprint density at radius 3 is 3.29 bits per heavy atom. The van der Waals surface area contributed by atoms with Crippen LogP contribution in [0.3, 0.4) is 0 Å². The lowest BCUT2D eigenvalue weighted by atomic mass is 10.0. The zero-order chi connectivity index (χ0) is 14.7. The fraction of sp³-hybridized carbons (Fsp3) is 0.500. The van der Waals surface area contributed by atoms with Gasteiger partial charge in [0.2, 0.25) is 5.91 Å². The van der Waals surface area contributed by atoms with Gasteiger partial charge < -0.3 is 15.0 Å². The number of hydrogen-bond donors (Lipinski definition) is 2. The van der Waals surface area contributed by atoms with Crippen LogP contribution in [0.1, 0.15) is 30.5 Å². The van der Waals surface area contributed by atoms with E-state index < -0.39 is 0 Å².